The zero-order valence-electron chi connectivity index (χ0n) is 22.5. The molecule has 218 valence electrons. The highest BCUT2D eigenvalue weighted by atomic mass is 35.5. The Hall–Kier alpha value is -5.00. The molecule has 3 N–H and O–H groups in total. The van der Waals surface area contributed by atoms with Crippen LogP contribution < -0.4 is 16.0 Å². The van der Waals surface area contributed by atoms with Crippen molar-refractivity contribution in [1.29, 1.82) is 0 Å². The SMILES string of the molecule is CC(Sc1cccc(NC(=O)/C(=C\c2c(F)cccc2Cl)NC(=O)c2ccccc2)c1)C(=O)Nc1ccc([N+](=O)[O-])cc1. The van der Waals surface area contributed by atoms with Crippen molar-refractivity contribution in [2.45, 2.75) is 17.1 Å². The maximum atomic E-state index is 14.6. The molecule has 0 aliphatic rings. The Morgan fingerprint density at radius 3 is 2.28 bits per heavy atom. The summed E-state index contributed by atoms with van der Waals surface area (Å²) < 4.78 is 14.6. The van der Waals surface area contributed by atoms with Crippen molar-refractivity contribution in [3.8, 4) is 0 Å². The smallest absolute Gasteiger partial charge is 0.272 e. The summed E-state index contributed by atoms with van der Waals surface area (Å²) in [5.74, 6) is -2.31. The van der Waals surface area contributed by atoms with Crippen molar-refractivity contribution in [2.24, 2.45) is 0 Å². The van der Waals surface area contributed by atoms with Gasteiger partial charge in [0, 0.05) is 39.5 Å². The van der Waals surface area contributed by atoms with Crippen molar-refractivity contribution in [3.63, 3.8) is 0 Å². The largest absolute Gasteiger partial charge is 0.325 e. The molecule has 1 atom stereocenters. The summed E-state index contributed by atoms with van der Waals surface area (Å²) in [5, 5.41) is 18.3. The first-order valence-corrected chi connectivity index (χ1v) is 14.0. The van der Waals surface area contributed by atoms with E-state index in [9.17, 15) is 28.9 Å². The van der Waals surface area contributed by atoms with Crippen molar-refractivity contribution in [3.05, 3.63) is 135 Å². The number of rotatable bonds is 10. The Morgan fingerprint density at radius 1 is 0.907 bits per heavy atom. The monoisotopic (exact) mass is 618 g/mol. The topological polar surface area (TPSA) is 130 Å². The lowest BCUT2D eigenvalue weighted by atomic mass is 10.1. The minimum Gasteiger partial charge on any atom is -0.325 e. The van der Waals surface area contributed by atoms with Crippen LogP contribution in [0.1, 0.15) is 22.8 Å². The van der Waals surface area contributed by atoms with Gasteiger partial charge in [-0.1, -0.05) is 41.9 Å². The van der Waals surface area contributed by atoms with Gasteiger partial charge in [0.1, 0.15) is 11.5 Å². The lowest BCUT2D eigenvalue weighted by Gasteiger charge is -2.14. The molecule has 0 saturated carbocycles. The summed E-state index contributed by atoms with van der Waals surface area (Å²) in [6, 6.07) is 24.5. The summed E-state index contributed by atoms with van der Waals surface area (Å²) in [7, 11) is 0. The fourth-order valence-electron chi connectivity index (χ4n) is 3.75. The molecule has 3 amide bonds. The zero-order valence-corrected chi connectivity index (χ0v) is 24.1. The molecule has 0 aliphatic carbocycles. The van der Waals surface area contributed by atoms with Gasteiger partial charge in [-0.15, -0.1) is 11.8 Å². The van der Waals surface area contributed by atoms with Crippen LogP contribution >= 0.6 is 23.4 Å². The highest BCUT2D eigenvalue weighted by molar-refractivity contribution is 8.00. The average Bonchev–Trinajstić information content (AvgIpc) is 2.99. The van der Waals surface area contributed by atoms with Crippen molar-refractivity contribution in [2.75, 3.05) is 10.6 Å². The number of non-ortho nitro benzene ring substituents is 1. The van der Waals surface area contributed by atoms with Crippen molar-refractivity contribution < 1.29 is 23.7 Å². The molecule has 0 fully saturated rings. The number of hydrogen-bond donors (Lipinski definition) is 3. The normalized spacial score (nSPS) is 11.7. The van der Waals surface area contributed by atoms with E-state index in [-0.39, 0.29) is 27.9 Å². The number of nitrogens with zero attached hydrogens (tertiary/aromatic N) is 1. The minimum absolute atomic E-state index is 0.0543. The van der Waals surface area contributed by atoms with Gasteiger partial charge in [-0.25, -0.2) is 4.39 Å². The second kappa shape index (κ2) is 14.3. The van der Waals surface area contributed by atoms with Crippen LogP contribution in [0.4, 0.5) is 21.5 Å². The van der Waals surface area contributed by atoms with Gasteiger partial charge in [-0.05, 0) is 67.6 Å². The van der Waals surface area contributed by atoms with E-state index in [4.69, 9.17) is 11.6 Å². The number of carbonyl (C=O) groups is 3. The van der Waals surface area contributed by atoms with Crippen LogP contribution in [0.25, 0.3) is 6.08 Å². The Bertz CT molecular complexity index is 1680. The van der Waals surface area contributed by atoms with Crippen LogP contribution in [-0.2, 0) is 9.59 Å². The number of carbonyl (C=O) groups excluding carboxylic acids is 3. The Balaban J connectivity index is 1.49. The standard InChI is InChI=1S/C31H24ClFN4O5S/c1-19(29(38)34-21-13-15-23(16-14-21)37(41)42)43-24-10-5-9-22(17-24)35-31(40)28(18-25-26(32)11-6-12-27(25)33)36-30(39)20-7-3-2-4-8-20/h2-19H,1H3,(H,34,38)(H,35,40)(H,36,39)/b28-18+. The molecule has 9 nitrogen and oxygen atoms in total. The second-order valence-corrected chi connectivity index (χ2v) is 10.9. The van der Waals surface area contributed by atoms with E-state index in [1.54, 1.807) is 61.5 Å². The predicted octanol–water partition coefficient (Wildman–Crippen LogP) is 6.92. The molecule has 0 aliphatic heterocycles. The fourth-order valence-corrected chi connectivity index (χ4v) is 4.89. The van der Waals surface area contributed by atoms with Crippen LogP contribution in [-0.4, -0.2) is 27.9 Å². The Kier molecular flexibility index (Phi) is 10.3. The van der Waals surface area contributed by atoms with Gasteiger partial charge in [0.05, 0.1) is 15.2 Å². The molecule has 0 aromatic heterocycles. The van der Waals surface area contributed by atoms with E-state index in [0.29, 0.717) is 21.8 Å². The van der Waals surface area contributed by atoms with Crippen LogP contribution in [0.3, 0.4) is 0 Å². The summed E-state index contributed by atoms with van der Waals surface area (Å²) in [4.78, 5) is 49.9. The van der Waals surface area contributed by atoms with Crippen molar-refractivity contribution >= 4 is 64.2 Å². The number of thioether (sulfide) groups is 1. The molecule has 0 radical (unpaired) electrons. The first kappa shape index (κ1) is 30.9. The first-order chi connectivity index (χ1) is 20.6. The number of nitro groups is 1. The molecule has 4 aromatic carbocycles. The van der Waals surface area contributed by atoms with E-state index >= 15 is 0 Å². The number of halogens is 2. The molecule has 1 unspecified atom stereocenters. The number of nitro benzene ring substituents is 1. The number of hydrogen-bond acceptors (Lipinski definition) is 6. The Morgan fingerprint density at radius 2 is 1.60 bits per heavy atom. The van der Waals surface area contributed by atoms with Gasteiger partial charge < -0.3 is 16.0 Å². The lowest BCUT2D eigenvalue weighted by Crippen LogP contribution is -2.30. The van der Waals surface area contributed by atoms with Gasteiger partial charge in [-0.2, -0.15) is 0 Å². The quantitative estimate of drug-likeness (QED) is 0.0766. The molecule has 12 heteroatoms. The maximum Gasteiger partial charge on any atom is 0.272 e. The summed E-state index contributed by atoms with van der Waals surface area (Å²) in [5.41, 5.74) is 0.664. The lowest BCUT2D eigenvalue weighted by molar-refractivity contribution is -0.384. The number of anilines is 2. The van der Waals surface area contributed by atoms with Crippen molar-refractivity contribution in [1.82, 2.24) is 5.32 Å². The summed E-state index contributed by atoms with van der Waals surface area (Å²) in [6.45, 7) is 1.69. The number of amides is 3. The molecule has 0 heterocycles. The molecular formula is C31H24ClFN4O5S. The van der Waals surface area contributed by atoms with Crippen LogP contribution in [0.2, 0.25) is 5.02 Å². The van der Waals surface area contributed by atoms with E-state index < -0.39 is 27.8 Å². The van der Waals surface area contributed by atoms with Crippen LogP contribution in [0.15, 0.2) is 108 Å². The third-order valence-corrected chi connectivity index (χ3v) is 7.36. The fraction of sp³-hybridized carbons (Fsp3) is 0.0645. The minimum atomic E-state index is -0.727. The maximum absolute atomic E-state index is 14.6. The number of benzene rings is 4. The van der Waals surface area contributed by atoms with Crippen LogP contribution in [0.5, 0.6) is 0 Å². The summed E-state index contributed by atoms with van der Waals surface area (Å²) in [6.07, 6.45) is 1.16. The second-order valence-electron chi connectivity index (χ2n) is 9.05. The third-order valence-electron chi connectivity index (χ3n) is 5.94. The highest BCUT2D eigenvalue weighted by Crippen LogP contribution is 2.28. The van der Waals surface area contributed by atoms with Gasteiger partial charge >= 0.3 is 0 Å². The predicted molar refractivity (Wildman–Crippen MR) is 165 cm³/mol. The summed E-state index contributed by atoms with van der Waals surface area (Å²) >= 11 is 7.39. The molecule has 0 spiro atoms. The molecule has 43 heavy (non-hydrogen) atoms. The first-order valence-electron chi connectivity index (χ1n) is 12.8. The van der Waals surface area contributed by atoms with Gasteiger partial charge in [0.25, 0.3) is 17.5 Å². The zero-order chi connectivity index (χ0) is 30.9. The molecule has 4 aromatic rings. The van der Waals surface area contributed by atoms with Crippen LogP contribution in [0, 0.1) is 15.9 Å². The van der Waals surface area contributed by atoms with Gasteiger partial charge in [0.2, 0.25) is 5.91 Å². The highest BCUT2D eigenvalue weighted by Gasteiger charge is 2.19. The molecule has 0 saturated heterocycles. The number of nitrogens with one attached hydrogen (secondary N) is 3. The van der Waals surface area contributed by atoms with E-state index in [2.05, 4.69) is 16.0 Å². The van der Waals surface area contributed by atoms with E-state index in [1.165, 1.54) is 54.2 Å². The van der Waals surface area contributed by atoms with E-state index in [1.807, 2.05) is 0 Å². The van der Waals surface area contributed by atoms with Gasteiger partial charge in [0.15, 0.2) is 0 Å². The molecular weight excluding hydrogens is 595 g/mol. The molecule has 4 rings (SSSR count). The van der Waals surface area contributed by atoms with E-state index in [0.717, 1.165) is 6.08 Å². The average molecular weight is 619 g/mol. The third kappa shape index (κ3) is 8.51. The Labute approximate surface area is 255 Å². The molecule has 0 bridgehead atoms. The van der Waals surface area contributed by atoms with Gasteiger partial charge in [-0.3, -0.25) is 24.5 Å².